The lowest BCUT2D eigenvalue weighted by atomic mass is 10.4. The molecule has 10 heteroatoms. The van der Waals surface area contributed by atoms with E-state index in [1.807, 2.05) is 0 Å². The standard InChI is InChI=1S/C7H6F3N5OS/c8-7(9,10)5-13-6(17-15-5)11-2-1-4-12-3-16-14-4/h3H,1-2H2,(H,11,13,15). The highest BCUT2D eigenvalue weighted by Gasteiger charge is 2.36. The van der Waals surface area contributed by atoms with Crippen molar-refractivity contribution in [2.75, 3.05) is 11.9 Å². The van der Waals surface area contributed by atoms with Crippen LogP contribution in [0.1, 0.15) is 11.6 Å². The molecular weight excluding hydrogens is 259 g/mol. The number of alkyl halides is 3. The molecule has 0 atom stereocenters. The predicted molar refractivity (Wildman–Crippen MR) is 51.4 cm³/mol. The van der Waals surface area contributed by atoms with E-state index in [-0.39, 0.29) is 5.13 Å². The molecule has 0 aliphatic heterocycles. The van der Waals surface area contributed by atoms with Gasteiger partial charge in [0, 0.05) is 24.5 Å². The largest absolute Gasteiger partial charge is 0.452 e. The summed E-state index contributed by atoms with van der Waals surface area (Å²) in [5.74, 6) is -0.664. The number of anilines is 1. The molecule has 0 amide bonds. The van der Waals surface area contributed by atoms with Crippen molar-refractivity contribution in [3.8, 4) is 0 Å². The SMILES string of the molecule is FC(F)(F)c1nsc(NCCc2ncon2)n1. The molecule has 0 spiro atoms. The molecule has 0 fully saturated rings. The molecule has 1 N–H and O–H groups in total. The van der Waals surface area contributed by atoms with Gasteiger partial charge in [0.2, 0.25) is 17.3 Å². The van der Waals surface area contributed by atoms with Crippen molar-refractivity contribution in [2.24, 2.45) is 0 Å². The van der Waals surface area contributed by atoms with Gasteiger partial charge in [-0.1, -0.05) is 5.16 Å². The first-order valence-electron chi connectivity index (χ1n) is 4.46. The third-order valence-corrected chi connectivity index (χ3v) is 2.38. The number of halogens is 3. The predicted octanol–water partition coefficient (Wildman–Crippen LogP) is 1.59. The van der Waals surface area contributed by atoms with Crippen molar-refractivity contribution in [2.45, 2.75) is 12.6 Å². The molecule has 0 aliphatic carbocycles. The van der Waals surface area contributed by atoms with Gasteiger partial charge in [-0.05, 0) is 0 Å². The number of aromatic nitrogens is 4. The molecule has 2 aromatic heterocycles. The fourth-order valence-electron chi connectivity index (χ4n) is 0.994. The molecular formula is C7H6F3N5OS. The Balaban J connectivity index is 1.85. The van der Waals surface area contributed by atoms with Gasteiger partial charge in [-0.3, -0.25) is 0 Å². The van der Waals surface area contributed by atoms with Crippen molar-refractivity contribution in [1.29, 1.82) is 0 Å². The summed E-state index contributed by atoms with van der Waals surface area (Å²) in [6, 6.07) is 0. The van der Waals surface area contributed by atoms with Gasteiger partial charge in [-0.25, -0.2) is 0 Å². The minimum Gasteiger partial charge on any atom is -0.360 e. The molecule has 6 nitrogen and oxygen atoms in total. The molecule has 2 heterocycles. The third-order valence-electron chi connectivity index (χ3n) is 1.71. The van der Waals surface area contributed by atoms with Crippen LogP contribution in [-0.2, 0) is 12.6 Å². The summed E-state index contributed by atoms with van der Waals surface area (Å²) in [7, 11) is 0. The first-order chi connectivity index (χ1) is 8.05. The van der Waals surface area contributed by atoms with Gasteiger partial charge in [0.1, 0.15) is 0 Å². The van der Waals surface area contributed by atoms with Crippen LogP contribution in [0.3, 0.4) is 0 Å². The lowest BCUT2D eigenvalue weighted by molar-refractivity contribution is -0.144. The Labute approximate surface area is 97.0 Å². The maximum absolute atomic E-state index is 12.2. The number of nitrogens with zero attached hydrogens (tertiary/aromatic N) is 4. The van der Waals surface area contributed by atoms with Crippen LogP contribution in [0.15, 0.2) is 10.9 Å². The van der Waals surface area contributed by atoms with Gasteiger partial charge >= 0.3 is 6.18 Å². The molecule has 92 valence electrons. The zero-order valence-electron chi connectivity index (χ0n) is 8.23. The van der Waals surface area contributed by atoms with E-state index in [1.54, 1.807) is 0 Å². The molecule has 2 rings (SSSR count). The average molecular weight is 265 g/mol. The zero-order chi connectivity index (χ0) is 12.3. The Hall–Kier alpha value is -1.71. The molecule has 17 heavy (non-hydrogen) atoms. The lowest BCUT2D eigenvalue weighted by Gasteiger charge is -1.99. The van der Waals surface area contributed by atoms with Crippen LogP contribution in [0.4, 0.5) is 18.3 Å². The summed E-state index contributed by atoms with van der Waals surface area (Å²) in [5.41, 5.74) is 0. The minimum absolute atomic E-state index is 0.112. The second-order valence-corrected chi connectivity index (χ2v) is 3.70. The van der Waals surface area contributed by atoms with Crippen molar-refractivity contribution in [3.63, 3.8) is 0 Å². The van der Waals surface area contributed by atoms with Crippen LogP contribution in [0, 0.1) is 0 Å². The third kappa shape index (κ3) is 3.12. The number of nitrogens with one attached hydrogen (secondary N) is 1. The van der Waals surface area contributed by atoms with Crippen LogP contribution >= 0.6 is 11.5 Å². The minimum atomic E-state index is -4.51. The van der Waals surface area contributed by atoms with Crippen molar-refractivity contribution >= 4 is 16.7 Å². The summed E-state index contributed by atoms with van der Waals surface area (Å²) in [5, 5.41) is 6.36. The van der Waals surface area contributed by atoms with E-state index in [2.05, 4.69) is 29.3 Å². The van der Waals surface area contributed by atoms with Gasteiger partial charge in [-0.15, -0.1) is 0 Å². The van der Waals surface area contributed by atoms with E-state index < -0.39 is 12.0 Å². The molecule has 0 saturated carbocycles. The van der Waals surface area contributed by atoms with E-state index in [1.165, 1.54) is 6.39 Å². The number of hydrogen-bond acceptors (Lipinski definition) is 7. The Morgan fingerprint density at radius 1 is 1.41 bits per heavy atom. The normalized spacial score (nSPS) is 11.7. The highest BCUT2D eigenvalue weighted by molar-refractivity contribution is 7.09. The van der Waals surface area contributed by atoms with Crippen molar-refractivity contribution in [1.82, 2.24) is 19.5 Å². The monoisotopic (exact) mass is 265 g/mol. The van der Waals surface area contributed by atoms with E-state index in [9.17, 15) is 13.2 Å². The Morgan fingerprint density at radius 3 is 2.82 bits per heavy atom. The number of rotatable bonds is 4. The first-order valence-corrected chi connectivity index (χ1v) is 5.23. The van der Waals surface area contributed by atoms with Gasteiger partial charge in [-0.2, -0.15) is 27.5 Å². The first kappa shape index (κ1) is 11.8. The maximum atomic E-state index is 12.2. The second kappa shape index (κ2) is 4.65. The molecule has 0 aromatic carbocycles. The fourth-order valence-corrected chi connectivity index (χ4v) is 1.61. The molecule has 0 radical (unpaired) electrons. The van der Waals surface area contributed by atoms with Crippen molar-refractivity contribution in [3.05, 3.63) is 18.0 Å². The lowest BCUT2D eigenvalue weighted by Crippen LogP contribution is -2.09. The van der Waals surface area contributed by atoms with Gasteiger partial charge < -0.3 is 9.84 Å². The maximum Gasteiger partial charge on any atom is 0.452 e. The molecule has 0 unspecified atom stereocenters. The smallest absolute Gasteiger partial charge is 0.360 e. The van der Waals surface area contributed by atoms with Crippen LogP contribution in [0.5, 0.6) is 0 Å². The van der Waals surface area contributed by atoms with Crippen molar-refractivity contribution < 1.29 is 17.7 Å². The summed E-state index contributed by atoms with van der Waals surface area (Å²) in [6.07, 6.45) is -2.90. The van der Waals surface area contributed by atoms with Gasteiger partial charge in [0.15, 0.2) is 5.82 Å². The Morgan fingerprint density at radius 2 is 2.24 bits per heavy atom. The van der Waals surface area contributed by atoms with Crippen LogP contribution in [0.2, 0.25) is 0 Å². The van der Waals surface area contributed by atoms with E-state index in [4.69, 9.17) is 0 Å². The summed E-state index contributed by atoms with van der Waals surface area (Å²) in [4.78, 5) is 7.07. The summed E-state index contributed by atoms with van der Waals surface area (Å²) in [6.45, 7) is 0.353. The second-order valence-electron chi connectivity index (χ2n) is 2.95. The Kier molecular flexibility index (Phi) is 3.22. The fraction of sp³-hybridized carbons (Fsp3) is 0.429. The van der Waals surface area contributed by atoms with Crippen LogP contribution < -0.4 is 5.32 Å². The van der Waals surface area contributed by atoms with E-state index in [0.717, 1.165) is 0 Å². The molecule has 0 aliphatic rings. The topological polar surface area (TPSA) is 76.7 Å². The zero-order valence-corrected chi connectivity index (χ0v) is 9.05. The highest BCUT2D eigenvalue weighted by atomic mass is 32.1. The van der Waals surface area contributed by atoms with E-state index in [0.29, 0.717) is 30.3 Å². The van der Waals surface area contributed by atoms with Gasteiger partial charge in [0.05, 0.1) is 0 Å². The summed E-state index contributed by atoms with van der Waals surface area (Å²) < 4.78 is 44.2. The highest BCUT2D eigenvalue weighted by Crippen LogP contribution is 2.28. The quantitative estimate of drug-likeness (QED) is 0.904. The van der Waals surface area contributed by atoms with E-state index >= 15 is 0 Å². The van der Waals surface area contributed by atoms with Gasteiger partial charge in [0.25, 0.3) is 0 Å². The molecule has 0 bridgehead atoms. The molecule has 2 aromatic rings. The molecule has 0 saturated heterocycles. The number of hydrogen-bond donors (Lipinski definition) is 1. The van der Waals surface area contributed by atoms with Crippen LogP contribution in [-0.4, -0.2) is 26.0 Å². The summed E-state index contributed by atoms with van der Waals surface area (Å²) >= 11 is 0.657. The van der Waals surface area contributed by atoms with Crippen LogP contribution in [0.25, 0.3) is 0 Å². The average Bonchev–Trinajstić information content (AvgIpc) is 2.86. The Bertz CT molecular complexity index is 468.